The van der Waals surface area contributed by atoms with E-state index in [2.05, 4.69) is 36.5 Å². The molecule has 1 aliphatic rings. The van der Waals surface area contributed by atoms with Crippen molar-refractivity contribution in [3.8, 4) is 0 Å². The first-order chi connectivity index (χ1) is 8.63. The van der Waals surface area contributed by atoms with E-state index in [4.69, 9.17) is 12.2 Å². The third kappa shape index (κ3) is 1.91. The maximum absolute atomic E-state index is 11.5. The highest BCUT2D eigenvalue weighted by molar-refractivity contribution is 9.10. The van der Waals surface area contributed by atoms with E-state index in [1.165, 1.54) is 0 Å². The van der Waals surface area contributed by atoms with Crippen LogP contribution in [0.5, 0.6) is 0 Å². The zero-order valence-electron chi connectivity index (χ0n) is 8.95. The average molecular weight is 323 g/mol. The number of halogens is 1. The zero-order valence-corrected chi connectivity index (χ0v) is 11.4. The van der Waals surface area contributed by atoms with Crippen molar-refractivity contribution in [1.82, 2.24) is 20.6 Å². The van der Waals surface area contributed by atoms with Gasteiger partial charge >= 0.3 is 0 Å². The van der Waals surface area contributed by atoms with Crippen LogP contribution in [0.2, 0.25) is 0 Å². The molecule has 0 aromatic carbocycles. The zero-order chi connectivity index (χ0) is 12.7. The predicted octanol–water partition coefficient (Wildman–Crippen LogP) is 1.67. The van der Waals surface area contributed by atoms with E-state index in [1.807, 2.05) is 6.07 Å². The number of aromatic amines is 1. The van der Waals surface area contributed by atoms with Crippen molar-refractivity contribution in [2.75, 3.05) is 0 Å². The lowest BCUT2D eigenvalue weighted by Gasteiger charge is -1.95. The van der Waals surface area contributed by atoms with Crippen LogP contribution in [0.4, 0.5) is 0 Å². The van der Waals surface area contributed by atoms with Crippen LogP contribution < -0.4 is 10.6 Å². The Bertz CT molecular complexity index is 706. The SMILES string of the molecule is O=C1NC(=S)NC1=Cc1c[nH]c2ncc(Br)cc12. The van der Waals surface area contributed by atoms with E-state index in [1.54, 1.807) is 18.5 Å². The van der Waals surface area contributed by atoms with Crippen LogP contribution in [-0.2, 0) is 4.79 Å². The summed E-state index contributed by atoms with van der Waals surface area (Å²) in [5.41, 5.74) is 2.08. The summed E-state index contributed by atoms with van der Waals surface area (Å²) in [6.45, 7) is 0. The van der Waals surface area contributed by atoms with Gasteiger partial charge in [0.15, 0.2) is 5.11 Å². The molecule has 0 radical (unpaired) electrons. The molecule has 90 valence electrons. The Hall–Kier alpha value is -1.73. The highest BCUT2D eigenvalue weighted by Gasteiger charge is 2.20. The normalized spacial score (nSPS) is 17.3. The average Bonchev–Trinajstić information content (AvgIpc) is 2.84. The fourth-order valence-electron chi connectivity index (χ4n) is 1.76. The van der Waals surface area contributed by atoms with Crippen LogP contribution in [0.3, 0.4) is 0 Å². The van der Waals surface area contributed by atoms with Gasteiger partial charge in [0.25, 0.3) is 5.91 Å². The number of thiocarbonyl (C=S) groups is 1. The van der Waals surface area contributed by atoms with E-state index < -0.39 is 0 Å². The summed E-state index contributed by atoms with van der Waals surface area (Å²) in [6, 6.07) is 1.94. The maximum Gasteiger partial charge on any atom is 0.273 e. The summed E-state index contributed by atoms with van der Waals surface area (Å²) < 4.78 is 0.883. The molecule has 0 atom stereocenters. The van der Waals surface area contributed by atoms with Crippen LogP contribution in [0.25, 0.3) is 17.1 Å². The second kappa shape index (κ2) is 4.18. The van der Waals surface area contributed by atoms with Gasteiger partial charge in [0.05, 0.1) is 0 Å². The number of fused-ring (bicyclic) bond motifs is 1. The van der Waals surface area contributed by atoms with Gasteiger partial charge < -0.3 is 10.3 Å². The number of pyridine rings is 1. The van der Waals surface area contributed by atoms with Gasteiger partial charge in [-0.25, -0.2) is 4.98 Å². The Kier molecular flexibility index (Phi) is 2.64. The van der Waals surface area contributed by atoms with Crippen molar-refractivity contribution in [3.05, 3.63) is 34.2 Å². The molecule has 3 N–H and O–H groups in total. The molecule has 1 aliphatic heterocycles. The number of hydrogen-bond donors (Lipinski definition) is 3. The molecular weight excluding hydrogens is 316 g/mol. The monoisotopic (exact) mass is 322 g/mol. The summed E-state index contributed by atoms with van der Waals surface area (Å²) in [5.74, 6) is -0.225. The van der Waals surface area contributed by atoms with Crippen LogP contribution in [0, 0.1) is 0 Å². The Morgan fingerprint density at radius 2 is 2.22 bits per heavy atom. The van der Waals surface area contributed by atoms with E-state index in [0.29, 0.717) is 10.8 Å². The van der Waals surface area contributed by atoms with E-state index in [-0.39, 0.29) is 5.91 Å². The molecule has 0 aliphatic carbocycles. The van der Waals surface area contributed by atoms with Gasteiger partial charge in [-0.15, -0.1) is 0 Å². The molecule has 0 bridgehead atoms. The first-order valence-electron chi connectivity index (χ1n) is 5.10. The number of nitrogens with one attached hydrogen (secondary N) is 3. The second-order valence-corrected chi connectivity index (χ2v) is 5.08. The van der Waals surface area contributed by atoms with Gasteiger partial charge in [0.1, 0.15) is 11.3 Å². The van der Waals surface area contributed by atoms with Crippen molar-refractivity contribution in [3.63, 3.8) is 0 Å². The topological polar surface area (TPSA) is 69.8 Å². The quantitative estimate of drug-likeness (QED) is 0.552. The van der Waals surface area contributed by atoms with E-state index >= 15 is 0 Å². The van der Waals surface area contributed by atoms with E-state index in [0.717, 1.165) is 21.1 Å². The number of H-pyrrole nitrogens is 1. The molecule has 0 unspecified atom stereocenters. The molecule has 2 aromatic rings. The summed E-state index contributed by atoms with van der Waals surface area (Å²) >= 11 is 8.25. The second-order valence-electron chi connectivity index (χ2n) is 3.76. The third-order valence-electron chi connectivity index (χ3n) is 2.55. The predicted molar refractivity (Wildman–Crippen MR) is 75.6 cm³/mol. The summed E-state index contributed by atoms with van der Waals surface area (Å²) in [4.78, 5) is 18.8. The lowest BCUT2D eigenvalue weighted by molar-refractivity contribution is -0.115. The summed E-state index contributed by atoms with van der Waals surface area (Å²) in [5, 5.41) is 6.58. The highest BCUT2D eigenvalue weighted by Crippen LogP contribution is 2.22. The molecular formula is C11H7BrN4OS. The lowest BCUT2D eigenvalue weighted by Crippen LogP contribution is -2.21. The third-order valence-corrected chi connectivity index (χ3v) is 3.19. The minimum absolute atomic E-state index is 0.225. The molecule has 3 heterocycles. The van der Waals surface area contributed by atoms with Crippen LogP contribution >= 0.6 is 28.1 Å². The fourth-order valence-corrected chi connectivity index (χ4v) is 2.29. The van der Waals surface area contributed by atoms with Crippen molar-refractivity contribution in [2.24, 2.45) is 0 Å². The summed E-state index contributed by atoms with van der Waals surface area (Å²) in [7, 11) is 0. The first kappa shape index (κ1) is 11.4. The molecule has 18 heavy (non-hydrogen) atoms. The van der Waals surface area contributed by atoms with Crippen molar-refractivity contribution in [2.45, 2.75) is 0 Å². The number of rotatable bonds is 1. The van der Waals surface area contributed by atoms with Crippen LogP contribution in [0.1, 0.15) is 5.56 Å². The van der Waals surface area contributed by atoms with E-state index in [9.17, 15) is 4.79 Å². The van der Waals surface area contributed by atoms with Crippen LogP contribution in [0.15, 0.2) is 28.6 Å². The Morgan fingerprint density at radius 3 is 2.94 bits per heavy atom. The maximum atomic E-state index is 11.5. The van der Waals surface area contributed by atoms with Crippen molar-refractivity contribution in [1.29, 1.82) is 0 Å². The number of carbonyl (C=O) groups is 1. The number of amides is 1. The molecule has 3 rings (SSSR count). The molecule has 5 nitrogen and oxygen atoms in total. The van der Waals surface area contributed by atoms with Gasteiger partial charge in [0.2, 0.25) is 0 Å². The van der Waals surface area contributed by atoms with Crippen LogP contribution in [-0.4, -0.2) is 21.0 Å². The van der Waals surface area contributed by atoms with Crippen molar-refractivity contribution >= 4 is 56.3 Å². The van der Waals surface area contributed by atoms with Crippen molar-refractivity contribution < 1.29 is 4.79 Å². The van der Waals surface area contributed by atoms with Gasteiger partial charge in [-0.1, -0.05) is 0 Å². The smallest absolute Gasteiger partial charge is 0.273 e. The molecule has 7 heteroatoms. The number of carbonyl (C=O) groups excluding carboxylic acids is 1. The molecule has 0 spiro atoms. The molecule has 1 fully saturated rings. The fraction of sp³-hybridized carbons (Fsp3) is 0. The minimum Gasteiger partial charge on any atom is -0.346 e. The van der Waals surface area contributed by atoms with Gasteiger partial charge in [-0.2, -0.15) is 0 Å². The molecule has 1 saturated heterocycles. The largest absolute Gasteiger partial charge is 0.346 e. The Labute approximate surface area is 116 Å². The molecule has 1 amide bonds. The summed E-state index contributed by atoms with van der Waals surface area (Å²) in [6.07, 6.45) is 5.25. The highest BCUT2D eigenvalue weighted by atomic mass is 79.9. The van der Waals surface area contributed by atoms with Gasteiger partial charge in [-0.3, -0.25) is 10.1 Å². The first-order valence-corrected chi connectivity index (χ1v) is 6.30. The standard InChI is InChI=1S/C11H7BrN4OS/c12-6-2-7-5(3-13-9(7)14-4-6)1-8-10(17)16-11(18)15-8/h1-4H,(H,13,14)(H2,15,16,17,18). The Balaban J connectivity index is 2.10. The van der Waals surface area contributed by atoms with Gasteiger partial charge in [0, 0.05) is 27.8 Å². The molecule has 0 saturated carbocycles. The molecule has 2 aromatic heterocycles. The lowest BCUT2D eigenvalue weighted by atomic mass is 10.2. The van der Waals surface area contributed by atoms with Gasteiger partial charge in [-0.05, 0) is 40.3 Å². The minimum atomic E-state index is -0.225. The Morgan fingerprint density at radius 1 is 1.39 bits per heavy atom. The number of hydrogen-bond acceptors (Lipinski definition) is 3. The number of nitrogens with zero attached hydrogens (tertiary/aromatic N) is 1. The number of aromatic nitrogens is 2.